The van der Waals surface area contributed by atoms with Crippen LogP contribution in [0.15, 0.2) is 29.1 Å². The molecule has 166 valence electrons. The van der Waals surface area contributed by atoms with Gasteiger partial charge in [-0.25, -0.2) is 15.0 Å². The summed E-state index contributed by atoms with van der Waals surface area (Å²) in [6.07, 6.45) is 4.13. The molecule has 0 bridgehead atoms. The van der Waals surface area contributed by atoms with Crippen LogP contribution in [0.4, 0.5) is 11.6 Å². The van der Waals surface area contributed by atoms with E-state index in [1.807, 2.05) is 12.1 Å². The monoisotopic (exact) mass is 451 g/mol. The third kappa shape index (κ3) is 3.41. The van der Waals surface area contributed by atoms with E-state index >= 15 is 0 Å². The Labute approximate surface area is 189 Å². The molecule has 0 radical (unpaired) electrons. The minimum absolute atomic E-state index is 0.231. The van der Waals surface area contributed by atoms with Crippen LogP contribution in [0.1, 0.15) is 30.7 Å². The lowest BCUT2D eigenvalue weighted by Gasteiger charge is -2.36. The van der Waals surface area contributed by atoms with Crippen molar-refractivity contribution in [2.75, 3.05) is 36.5 Å². The first-order chi connectivity index (χ1) is 15.6. The van der Waals surface area contributed by atoms with Crippen LogP contribution in [0.3, 0.4) is 0 Å². The summed E-state index contributed by atoms with van der Waals surface area (Å²) in [5.74, 6) is 2.69. The Balaban J connectivity index is 1.52. The first-order valence-corrected chi connectivity index (χ1v) is 11.7. The van der Waals surface area contributed by atoms with Gasteiger partial charge in [-0.2, -0.15) is 0 Å². The number of nitrogens with zero attached hydrogens (tertiary/aromatic N) is 4. The summed E-state index contributed by atoms with van der Waals surface area (Å²) in [5.41, 5.74) is 3.21. The zero-order valence-corrected chi connectivity index (χ0v) is 19.0. The molecule has 0 atom stereocenters. The van der Waals surface area contributed by atoms with Crippen LogP contribution in [-0.4, -0.2) is 46.9 Å². The van der Waals surface area contributed by atoms with Crippen LogP contribution in [-0.2, 0) is 29.0 Å². The number of hydrogen-bond donors (Lipinski definition) is 1. The van der Waals surface area contributed by atoms with Crippen molar-refractivity contribution < 1.29 is 13.9 Å². The summed E-state index contributed by atoms with van der Waals surface area (Å²) in [4.78, 5) is 17.7. The van der Waals surface area contributed by atoms with Gasteiger partial charge in [0.05, 0.1) is 48.4 Å². The first kappa shape index (κ1) is 19.9. The second-order valence-electron chi connectivity index (χ2n) is 8.83. The molecule has 1 N–H and O–H groups in total. The predicted octanol–water partition coefficient (Wildman–Crippen LogP) is 4.13. The van der Waals surface area contributed by atoms with Gasteiger partial charge < -0.3 is 24.1 Å². The third-order valence-corrected chi connectivity index (χ3v) is 7.21. The van der Waals surface area contributed by atoms with Gasteiger partial charge in [0.15, 0.2) is 0 Å². The molecule has 2 aliphatic rings. The number of morpholine rings is 1. The van der Waals surface area contributed by atoms with Crippen LogP contribution in [0.2, 0.25) is 0 Å². The average molecular weight is 452 g/mol. The fourth-order valence-electron chi connectivity index (χ4n) is 4.54. The minimum atomic E-state index is -0.231. The maximum atomic E-state index is 6.21. The molecule has 0 spiro atoms. The number of rotatable bonds is 4. The maximum Gasteiger partial charge on any atom is 0.147 e. The summed E-state index contributed by atoms with van der Waals surface area (Å²) in [5, 5.41) is 4.55. The summed E-state index contributed by atoms with van der Waals surface area (Å²) in [6.45, 7) is 8.55. The Morgan fingerprint density at radius 1 is 1.19 bits per heavy atom. The maximum absolute atomic E-state index is 6.21. The number of furan rings is 1. The summed E-state index contributed by atoms with van der Waals surface area (Å²) in [6, 6.07) is 3.84. The third-order valence-electron chi connectivity index (χ3n) is 6.13. The molecule has 2 aliphatic heterocycles. The van der Waals surface area contributed by atoms with E-state index in [-0.39, 0.29) is 5.60 Å². The molecule has 6 rings (SSSR count). The lowest BCUT2D eigenvalue weighted by molar-refractivity contribution is -0.0396. The molecule has 0 unspecified atom stereocenters. The highest BCUT2D eigenvalue weighted by atomic mass is 32.1. The van der Waals surface area contributed by atoms with Gasteiger partial charge in [-0.1, -0.05) is 0 Å². The zero-order chi connectivity index (χ0) is 21.7. The quantitative estimate of drug-likeness (QED) is 0.496. The molecule has 0 amide bonds. The Bertz CT molecular complexity index is 1280. The van der Waals surface area contributed by atoms with Crippen LogP contribution in [0.25, 0.3) is 20.4 Å². The highest BCUT2D eigenvalue weighted by Crippen LogP contribution is 2.44. The molecule has 9 heteroatoms. The average Bonchev–Trinajstić information content (AvgIpc) is 3.45. The van der Waals surface area contributed by atoms with E-state index in [2.05, 4.69) is 29.0 Å². The molecule has 8 nitrogen and oxygen atoms in total. The van der Waals surface area contributed by atoms with Gasteiger partial charge >= 0.3 is 0 Å². The molecule has 0 aliphatic carbocycles. The highest BCUT2D eigenvalue weighted by molar-refractivity contribution is 7.26. The summed E-state index contributed by atoms with van der Waals surface area (Å²) >= 11 is 1.65. The van der Waals surface area contributed by atoms with Crippen LogP contribution in [0, 0.1) is 0 Å². The van der Waals surface area contributed by atoms with Gasteiger partial charge in [-0.05, 0) is 31.5 Å². The van der Waals surface area contributed by atoms with Gasteiger partial charge in [-0.3, -0.25) is 0 Å². The normalized spacial score (nSPS) is 18.2. The van der Waals surface area contributed by atoms with Crippen molar-refractivity contribution in [3.05, 3.63) is 41.6 Å². The second kappa shape index (κ2) is 7.68. The fraction of sp³-hybridized carbons (Fsp3) is 0.435. The van der Waals surface area contributed by atoms with E-state index in [0.717, 1.165) is 70.6 Å². The lowest BCUT2D eigenvalue weighted by atomic mass is 9.90. The molecule has 32 heavy (non-hydrogen) atoms. The molecular formula is C23H25N5O3S. The van der Waals surface area contributed by atoms with E-state index in [1.54, 1.807) is 23.9 Å². The van der Waals surface area contributed by atoms with Crippen LogP contribution >= 0.6 is 11.3 Å². The number of nitrogens with one attached hydrogen (secondary N) is 1. The van der Waals surface area contributed by atoms with Gasteiger partial charge in [0.2, 0.25) is 0 Å². The number of pyridine rings is 1. The number of thiophene rings is 1. The van der Waals surface area contributed by atoms with Crippen molar-refractivity contribution in [1.82, 2.24) is 15.0 Å². The highest BCUT2D eigenvalue weighted by Gasteiger charge is 2.33. The second-order valence-corrected chi connectivity index (χ2v) is 9.83. The van der Waals surface area contributed by atoms with E-state index in [9.17, 15) is 0 Å². The number of aromatic nitrogens is 3. The standard InChI is InChI=1S/C23H25N5O3S/c1-23(2)10-15-16(12-31-23)21(28-5-8-29-9-6-28)27-22-17(15)18-19(32-22)20(26-13-25-18)24-11-14-4-3-7-30-14/h3-4,7,13H,5-6,8-12H2,1-2H3,(H,24,25,26). The summed E-state index contributed by atoms with van der Waals surface area (Å²) in [7, 11) is 0. The van der Waals surface area contributed by atoms with Gasteiger partial charge in [0, 0.05) is 30.5 Å². The largest absolute Gasteiger partial charge is 0.467 e. The van der Waals surface area contributed by atoms with Gasteiger partial charge in [0.1, 0.15) is 28.6 Å². The van der Waals surface area contributed by atoms with Crippen LogP contribution in [0.5, 0.6) is 0 Å². The van der Waals surface area contributed by atoms with Crippen molar-refractivity contribution in [3.63, 3.8) is 0 Å². The van der Waals surface area contributed by atoms with E-state index < -0.39 is 0 Å². The first-order valence-electron chi connectivity index (χ1n) is 10.9. The molecule has 1 saturated heterocycles. The SMILES string of the molecule is CC1(C)Cc2c(c(N3CCOCC3)nc3sc4c(NCc5ccco5)ncnc4c23)CO1. The van der Waals surface area contributed by atoms with Gasteiger partial charge in [-0.15, -0.1) is 11.3 Å². The molecule has 4 aromatic rings. The van der Waals surface area contributed by atoms with Crippen molar-refractivity contribution in [2.45, 2.75) is 39.0 Å². The van der Waals surface area contributed by atoms with Crippen molar-refractivity contribution in [2.24, 2.45) is 0 Å². The van der Waals surface area contributed by atoms with E-state index in [0.29, 0.717) is 13.2 Å². The van der Waals surface area contributed by atoms with Gasteiger partial charge in [0.25, 0.3) is 0 Å². The molecule has 1 fully saturated rings. The van der Waals surface area contributed by atoms with E-state index in [1.165, 1.54) is 11.1 Å². The smallest absolute Gasteiger partial charge is 0.147 e. The Morgan fingerprint density at radius 2 is 2.06 bits per heavy atom. The fourth-order valence-corrected chi connectivity index (χ4v) is 5.66. The number of hydrogen-bond acceptors (Lipinski definition) is 9. The number of fused-ring (bicyclic) bond motifs is 5. The number of ether oxygens (including phenoxy) is 2. The summed E-state index contributed by atoms with van der Waals surface area (Å²) < 4.78 is 18.3. The van der Waals surface area contributed by atoms with E-state index in [4.69, 9.17) is 23.9 Å². The molecule has 4 aromatic heterocycles. The van der Waals surface area contributed by atoms with Crippen molar-refractivity contribution >= 4 is 43.4 Å². The Morgan fingerprint density at radius 3 is 2.88 bits per heavy atom. The Hall–Kier alpha value is -2.75. The molecular weight excluding hydrogens is 426 g/mol. The topological polar surface area (TPSA) is 85.5 Å². The van der Waals surface area contributed by atoms with Crippen molar-refractivity contribution in [1.29, 1.82) is 0 Å². The number of anilines is 2. The Kier molecular flexibility index (Phi) is 4.78. The minimum Gasteiger partial charge on any atom is -0.467 e. The lowest BCUT2D eigenvalue weighted by Crippen LogP contribution is -2.39. The van der Waals surface area contributed by atoms with Crippen molar-refractivity contribution in [3.8, 4) is 0 Å². The molecule has 0 saturated carbocycles. The molecule has 0 aromatic carbocycles. The zero-order valence-electron chi connectivity index (χ0n) is 18.2. The molecule has 6 heterocycles. The van der Waals surface area contributed by atoms with Crippen LogP contribution < -0.4 is 10.2 Å². The predicted molar refractivity (Wildman–Crippen MR) is 124 cm³/mol.